The van der Waals surface area contributed by atoms with Gasteiger partial charge in [0.1, 0.15) is 5.57 Å². The molecule has 0 bridgehead atoms. The SMILES string of the molecule is Cc1cccc(N2C(=O)/C(=C/c3cc(C)n(-c4ccc(I)cc4)c3C)C(=O)NC2=S)c1C. The summed E-state index contributed by atoms with van der Waals surface area (Å²) in [7, 11) is 0. The molecule has 1 fully saturated rings. The van der Waals surface area contributed by atoms with Gasteiger partial charge in [-0.3, -0.25) is 19.8 Å². The second kappa shape index (κ2) is 8.63. The first kappa shape index (κ1) is 22.4. The van der Waals surface area contributed by atoms with Crippen LogP contribution in [-0.4, -0.2) is 21.5 Å². The van der Waals surface area contributed by atoms with Gasteiger partial charge in [0.05, 0.1) is 5.69 Å². The van der Waals surface area contributed by atoms with Crippen molar-refractivity contribution in [2.24, 2.45) is 0 Å². The molecule has 3 aromatic rings. The van der Waals surface area contributed by atoms with Crippen molar-refractivity contribution in [2.45, 2.75) is 27.7 Å². The third-order valence-electron chi connectivity index (χ3n) is 5.77. The molecule has 0 saturated carbocycles. The molecule has 0 spiro atoms. The summed E-state index contributed by atoms with van der Waals surface area (Å²) >= 11 is 7.63. The number of aromatic nitrogens is 1. The maximum atomic E-state index is 13.4. The van der Waals surface area contributed by atoms with Crippen LogP contribution in [0, 0.1) is 31.3 Å². The van der Waals surface area contributed by atoms with Crippen molar-refractivity contribution in [3.63, 3.8) is 0 Å². The number of anilines is 1. The summed E-state index contributed by atoms with van der Waals surface area (Å²) in [4.78, 5) is 27.6. The lowest BCUT2D eigenvalue weighted by molar-refractivity contribution is -0.122. The van der Waals surface area contributed by atoms with E-state index in [1.807, 2.05) is 64.1 Å². The fraction of sp³-hybridized carbons (Fsp3) is 0.160. The quantitative estimate of drug-likeness (QED) is 0.211. The van der Waals surface area contributed by atoms with Crippen molar-refractivity contribution < 1.29 is 9.59 Å². The molecule has 4 rings (SSSR count). The van der Waals surface area contributed by atoms with Gasteiger partial charge in [-0.15, -0.1) is 0 Å². The van der Waals surface area contributed by atoms with Crippen molar-refractivity contribution in [3.8, 4) is 5.69 Å². The van der Waals surface area contributed by atoms with E-state index in [0.29, 0.717) is 5.69 Å². The van der Waals surface area contributed by atoms with Crippen molar-refractivity contribution in [3.05, 3.63) is 85.8 Å². The maximum absolute atomic E-state index is 13.4. The lowest BCUT2D eigenvalue weighted by atomic mass is 10.0. The summed E-state index contributed by atoms with van der Waals surface area (Å²) in [5.74, 6) is -0.910. The molecule has 0 unspecified atom stereocenters. The highest BCUT2D eigenvalue weighted by molar-refractivity contribution is 14.1. The molecule has 1 aliphatic heterocycles. The number of rotatable bonds is 3. The number of halogens is 1. The van der Waals surface area contributed by atoms with E-state index in [-0.39, 0.29) is 10.7 Å². The normalized spacial score (nSPS) is 15.5. The number of aryl methyl sites for hydroxylation is 2. The van der Waals surface area contributed by atoms with Gasteiger partial charge in [0.2, 0.25) is 0 Å². The third-order valence-corrected chi connectivity index (χ3v) is 6.78. The van der Waals surface area contributed by atoms with Crippen LogP contribution in [-0.2, 0) is 9.59 Å². The van der Waals surface area contributed by atoms with Gasteiger partial charge in [-0.2, -0.15) is 0 Å². The zero-order valence-corrected chi connectivity index (χ0v) is 21.2. The van der Waals surface area contributed by atoms with E-state index in [9.17, 15) is 9.59 Å². The summed E-state index contributed by atoms with van der Waals surface area (Å²) in [5.41, 5.74) is 6.52. The van der Waals surface area contributed by atoms with E-state index >= 15 is 0 Å². The minimum absolute atomic E-state index is 0.0577. The Morgan fingerprint density at radius 3 is 2.38 bits per heavy atom. The van der Waals surface area contributed by atoms with Gasteiger partial charge in [-0.05, 0) is 122 Å². The number of nitrogens with zero attached hydrogens (tertiary/aromatic N) is 2. The van der Waals surface area contributed by atoms with Gasteiger partial charge < -0.3 is 4.57 Å². The Kier molecular flexibility index (Phi) is 6.05. The highest BCUT2D eigenvalue weighted by Crippen LogP contribution is 2.29. The topological polar surface area (TPSA) is 54.3 Å². The molecular weight excluding hydrogens is 533 g/mol. The number of hydrogen-bond acceptors (Lipinski definition) is 3. The van der Waals surface area contributed by atoms with Crippen LogP contribution in [0.3, 0.4) is 0 Å². The standard InChI is InChI=1S/C25H22IN3O2S/c1-14-6-5-7-22(16(14)3)29-24(31)21(23(30)27-25(29)32)13-18-12-15(2)28(17(18)4)20-10-8-19(26)9-11-20/h5-13H,1-4H3,(H,27,30,32)/b21-13+. The van der Waals surface area contributed by atoms with Gasteiger partial charge >= 0.3 is 0 Å². The molecule has 2 heterocycles. The Balaban J connectivity index is 1.78. The maximum Gasteiger partial charge on any atom is 0.270 e. The Bertz CT molecular complexity index is 1310. The van der Waals surface area contributed by atoms with E-state index in [1.165, 1.54) is 4.90 Å². The summed E-state index contributed by atoms with van der Waals surface area (Å²) in [6.07, 6.45) is 1.66. The molecule has 2 aromatic carbocycles. The highest BCUT2D eigenvalue weighted by Gasteiger charge is 2.35. The predicted octanol–water partition coefficient (Wildman–Crippen LogP) is 5.15. The summed E-state index contributed by atoms with van der Waals surface area (Å²) in [6, 6.07) is 15.9. The number of hydrogen-bond donors (Lipinski definition) is 1. The Hall–Kier alpha value is -2.78. The van der Waals surface area contributed by atoms with E-state index < -0.39 is 11.8 Å². The molecule has 162 valence electrons. The summed E-state index contributed by atoms with van der Waals surface area (Å²) in [6.45, 7) is 7.91. The molecule has 5 nitrogen and oxygen atoms in total. The fourth-order valence-corrected chi connectivity index (χ4v) is 4.56. The molecule has 0 atom stereocenters. The average Bonchev–Trinajstić information content (AvgIpc) is 3.02. The molecule has 7 heteroatoms. The van der Waals surface area contributed by atoms with E-state index in [0.717, 1.165) is 37.3 Å². The van der Waals surface area contributed by atoms with Crippen molar-refractivity contribution in [2.75, 3.05) is 4.90 Å². The molecule has 1 aromatic heterocycles. The summed E-state index contributed by atoms with van der Waals surface area (Å²) < 4.78 is 3.27. The number of benzene rings is 2. The average molecular weight is 555 g/mol. The molecule has 32 heavy (non-hydrogen) atoms. The zero-order chi connectivity index (χ0) is 23.2. The molecular formula is C25H22IN3O2S. The lowest BCUT2D eigenvalue weighted by Crippen LogP contribution is -2.54. The predicted molar refractivity (Wildman–Crippen MR) is 140 cm³/mol. The number of carbonyl (C=O) groups excluding carboxylic acids is 2. The molecule has 1 aliphatic rings. The first-order valence-corrected chi connectivity index (χ1v) is 11.6. The highest BCUT2D eigenvalue weighted by atomic mass is 127. The van der Waals surface area contributed by atoms with Crippen LogP contribution in [0.4, 0.5) is 5.69 Å². The van der Waals surface area contributed by atoms with Gasteiger partial charge in [0.15, 0.2) is 5.11 Å². The Morgan fingerprint density at radius 2 is 1.69 bits per heavy atom. The molecule has 2 amide bonds. The monoisotopic (exact) mass is 555 g/mol. The minimum Gasteiger partial charge on any atom is -0.318 e. The number of amides is 2. The summed E-state index contributed by atoms with van der Waals surface area (Å²) in [5, 5.41) is 2.77. The van der Waals surface area contributed by atoms with E-state index in [4.69, 9.17) is 12.2 Å². The van der Waals surface area contributed by atoms with Crippen LogP contribution in [0.5, 0.6) is 0 Å². The Labute approximate surface area is 206 Å². The molecule has 1 N–H and O–H groups in total. The second-order valence-electron chi connectivity index (χ2n) is 7.82. The van der Waals surface area contributed by atoms with Crippen LogP contribution in [0.1, 0.15) is 28.1 Å². The lowest BCUT2D eigenvalue weighted by Gasteiger charge is -2.30. The van der Waals surface area contributed by atoms with Gasteiger partial charge in [-0.1, -0.05) is 12.1 Å². The second-order valence-corrected chi connectivity index (χ2v) is 9.45. The first-order valence-electron chi connectivity index (χ1n) is 10.1. The molecule has 0 radical (unpaired) electrons. The molecule has 0 aliphatic carbocycles. The number of nitrogens with one attached hydrogen (secondary N) is 1. The van der Waals surface area contributed by atoms with Crippen molar-refractivity contribution >= 4 is 63.5 Å². The van der Waals surface area contributed by atoms with Crippen LogP contribution in [0.2, 0.25) is 0 Å². The van der Waals surface area contributed by atoms with Crippen LogP contribution in [0.15, 0.2) is 54.1 Å². The van der Waals surface area contributed by atoms with Gasteiger partial charge in [0, 0.05) is 20.6 Å². The van der Waals surface area contributed by atoms with Crippen LogP contribution >= 0.6 is 34.8 Å². The Morgan fingerprint density at radius 1 is 1.00 bits per heavy atom. The molecule has 1 saturated heterocycles. The van der Waals surface area contributed by atoms with Crippen LogP contribution < -0.4 is 10.2 Å². The van der Waals surface area contributed by atoms with Gasteiger partial charge in [0.25, 0.3) is 11.8 Å². The number of thiocarbonyl (C=S) groups is 1. The number of carbonyl (C=O) groups is 2. The van der Waals surface area contributed by atoms with E-state index in [1.54, 1.807) is 6.08 Å². The van der Waals surface area contributed by atoms with Gasteiger partial charge in [-0.25, -0.2) is 0 Å². The smallest absolute Gasteiger partial charge is 0.270 e. The fourth-order valence-electron chi connectivity index (χ4n) is 3.93. The van der Waals surface area contributed by atoms with Crippen LogP contribution in [0.25, 0.3) is 11.8 Å². The van der Waals surface area contributed by atoms with E-state index in [2.05, 4.69) is 44.6 Å². The van der Waals surface area contributed by atoms with Crippen molar-refractivity contribution in [1.82, 2.24) is 9.88 Å². The third kappa shape index (κ3) is 3.91. The van der Waals surface area contributed by atoms with Crippen molar-refractivity contribution in [1.29, 1.82) is 0 Å². The minimum atomic E-state index is -0.486. The largest absolute Gasteiger partial charge is 0.318 e. The zero-order valence-electron chi connectivity index (χ0n) is 18.2. The first-order chi connectivity index (χ1) is 15.2.